The first kappa shape index (κ1) is 48.0. The van der Waals surface area contributed by atoms with Crippen molar-refractivity contribution in [3.05, 3.63) is 67.7 Å². The molecule has 0 aliphatic carbocycles. The van der Waals surface area contributed by atoms with E-state index in [0.29, 0.717) is 50.3 Å². The molecule has 4 bridgehead atoms. The molecule has 382 valence electrons. The number of fused-ring (bicyclic) bond motifs is 4. The van der Waals surface area contributed by atoms with Crippen molar-refractivity contribution in [3.8, 4) is 11.5 Å². The molecule has 72 heavy (non-hydrogen) atoms. The molecule has 4 fully saturated rings. The molecule has 0 radical (unpaired) electrons. The lowest BCUT2D eigenvalue weighted by atomic mass is 10.0. The number of guanidine groups is 4. The van der Waals surface area contributed by atoms with Gasteiger partial charge in [-0.05, 0) is 64.5 Å². The van der Waals surface area contributed by atoms with Gasteiger partial charge in [0.1, 0.15) is 35.7 Å². The lowest BCUT2D eigenvalue weighted by molar-refractivity contribution is 0.0683. The number of nitrogens with one attached hydrogen (secondary N) is 8. The van der Waals surface area contributed by atoms with E-state index in [4.69, 9.17) is 31.1 Å². The fourth-order valence-electron chi connectivity index (χ4n) is 11.7. The molecular formula is C48H58F2N14O8. The predicted octanol–water partition coefficient (Wildman–Crippen LogP) is 3.56. The van der Waals surface area contributed by atoms with Crippen LogP contribution in [0.4, 0.5) is 20.2 Å². The number of ether oxygens (including phenoxy) is 2. The van der Waals surface area contributed by atoms with Gasteiger partial charge in [0.05, 0.1) is 33.9 Å². The molecule has 24 heteroatoms. The van der Waals surface area contributed by atoms with Crippen LogP contribution in [-0.4, -0.2) is 142 Å². The number of halogens is 2. The number of rotatable bonds is 11. The van der Waals surface area contributed by atoms with Crippen molar-refractivity contribution < 1.29 is 38.1 Å². The zero-order valence-electron chi connectivity index (χ0n) is 39.9. The van der Waals surface area contributed by atoms with E-state index in [1.165, 1.54) is 12.4 Å². The van der Waals surface area contributed by atoms with Crippen LogP contribution in [0.2, 0.25) is 0 Å². The predicted molar refractivity (Wildman–Crippen MR) is 264 cm³/mol. The van der Waals surface area contributed by atoms with Gasteiger partial charge in [-0.25, -0.2) is 18.4 Å². The number of piperazine rings is 2. The molecule has 6 unspecified atom stereocenters. The number of carboxylic acids is 2. The first-order chi connectivity index (χ1) is 34.5. The third-order valence-electron chi connectivity index (χ3n) is 15.1. The molecule has 0 spiro atoms. The molecule has 10 rings (SSSR count). The summed E-state index contributed by atoms with van der Waals surface area (Å²) < 4.78 is 47.4. The van der Waals surface area contributed by atoms with Crippen LogP contribution in [0.15, 0.2) is 34.1 Å². The summed E-state index contributed by atoms with van der Waals surface area (Å²) in [6, 6.07) is 1.06. The Bertz CT molecular complexity index is 2860. The van der Waals surface area contributed by atoms with E-state index >= 15 is 8.78 Å². The highest BCUT2D eigenvalue weighted by Crippen LogP contribution is 2.46. The highest BCUT2D eigenvalue weighted by molar-refractivity contribution is 6.00. The normalized spacial score (nSPS) is 22.6. The fourth-order valence-corrected chi connectivity index (χ4v) is 11.7. The number of hydrogen-bond donors (Lipinski definition) is 10. The monoisotopic (exact) mass is 996 g/mol. The van der Waals surface area contributed by atoms with Gasteiger partial charge in [-0.1, -0.05) is 12.8 Å². The second-order valence-corrected chi connectivity index (χ2v) is 19.7. The summed E-state index contributed by atoms with van der Waals surface area (Å²) in [6.07, 6.45) is 8.89. The number of aromatic carboxylic acids is 2. The number of hydrogen-bond acceptors (Lipinski definition) is 12. The average Bonchev–Trinajstić information content (AvgIpc) is 3.77. The Balaban J connectivity index is 0.647. The lowest BCUT2D eigenvalue weighted by Gasteiger charge is -2.44. The number of anilines is 2. The Hall–Kier alpha value is -7.66. The molecule has 4 saturated heterocycles. The fraction of sp³-hybridized carbons (Fsp3) is 0.500. The van der Waals surface area contributed by atoms with Crippen LogP contribution in [-0.2, 0) is 0 Å². The highest BCUT2D eigenvalue weighted by atomic mass is 19.1. The minimum Gasteiger partial charge on any atom is -0.487 e. The Morgan fingerprint density at radius 2 is 0.986 bits per heavy atom. The summed E-state index contributed by atoms with van der Waals surface area (Å²) in [4.78, 5) is 57.5. The second-order valence-electron chi connectivity index (χ2n) is 19.7. The van der Waals surface area contributed by atoms with Crippen molar-refractivity contribution >= 4 is 69.0 Å². The minimum atomic E-state index is -1.38. The van der Waals surface area contributed by atoms with Gasteiger partial charge in [-0.15, -0.1) is 0 Å². The van der Waals surface area contributed by atoms with E-state index in [-0.39, 0.29) is 107 Å². The quantitative estimate of drug-likeness (QED) is 0.0584. The van der Waals surface area contributed by atoms with E-state index in [1.807, 2.05) is 33.4 Å². The molecule has 8 heterocycles. The van der Waals surface area contributed by atoms with Gasteiger partial charge in [-0.2, -0.15) is 0 Å². The number of aromatic nitrogens is 2. The van der Waals surface area contributed by atoms with Crippen LogP contribution in [0, 0.1) is 33.3 Å². The smallest absolute Gasteiger partial charge is 0.341 e. The first-order valence-corrected chi connectivity index (χ1v) is 24.5. The van der Waals surface area contributed by atoms with Crippen molar-refractivity contribution in [2.75, 3.05) is 62.3 Å². The third-order valence-corrected chi connectivity index (χ3v) is 15.1. The Morgan fingerprint density at radius 3 is 1.33 bits per heavy atom. The number of carbonyl (C=O) groups is 2. The maximum atomic E-state index is 16.0. The van der Waals surface area contributed by atoms with Crippen molar-refractivity contribution in [3.63, 3.8) is 0 Å². The Kier molecular flexibility index (Phi) is 12.5. The Labute approximate surface area is 410 Å². The molecule has 10 N–H and O–H groups in total. The number of nitrogens with zero attached hydrogens (tertiary/aromatic N) is 6. The van der Waals surface area contributed by atoms with Gasteiger partial charge in [0.15, 0.2) is 47.0 Å². The molecule has 2 aromatic carbocycles. The standard InChI is InChI=1S/C48H58F2N14O8/c1-23-21-71-41-35-29(39(65)31(43(67)68)19-61(23)35)13-33(49)37(41)59-15-25-7-8-26(16-59)63(25)47(53)57-45(51)55-11-5-3-4-6-12-56-46(52)58-48(54)64-27-9-10-28(64)18-60(17-27)38-34(50)14-30-36-42(38)72-22-24(2)62(36)20-32(40(30)66)44(69)70/h13-14,19-20,23-28H,3-12,15-18,21-22H2,1-2H3,(H,67,68)(H,69,70)(H4,51,53,55,57)(H4,52,54,56,58). The molecule has 4 aromatic rings. The van der Waals surface area contributed by atoms with Crippen LogP contribution < -0.4 is 51.4 Å². The molecular weight excluding hydrogens is 939 g/mol. The van der Waals surface area contributed by atoms with Crippen LogP contribution in [0.1, 0.15) is 98.0 Å². The molecule has 2 aromatic heterocycles. The minimum absolute atomic E-state index is 0.00456. The molecule has 6 aliphatic heterocycles. The van der Waals surface area contributed by atoms with Crippen LogP contribution in [0.3, 0.4) is 0 Å². The number of pyridine rings is 2. The summed E-state index contributed by atoms with van der Waals surface area (Å²) >= 11 is 0. The average molecular weight is 997 g/mol. The zero-order valence-corrected chi connectivity index (χ0v) is 39.9. The topological polar surface area (TPSA) is 294 Å². The van der Waals surface area contributed by atoms with Crippen LogP contribution in [0.5, 0.6) is 11.5 Å². The van der Waals surface area contributed by atoms with Gasteiger partial charge in [0.2, 0.25) is 10.9 Å². The maximum Gasteiger partial charge on any atom is 0.341 e. The van der Waals surface area contributed by atoms with Crippen LogP contribution in [0.25, 0.3) is 21.8 Å². The number of unbranched alkanes of at least 4 members (excludes halogenated alkanes) is 3. The van der Waals surface area contributed by atoms with Crippen molar-refractivity contribution in [1.82, 2.24) is 40.2 Å². The van der Waals surface area contributed by atoms with E-state index in [9.17, 15) is 29.4 Å². The number of carboxylic acid groups (broad SMARTS) is 2. The van der Waals surface area contributed by atoms with Gasteiger partial charge in [0.25, 0.3) is 0 Å². The molecule has 0 amide bonds. The third kappa shape index (κ3) is 8.38. The summed E-state index contributed by atoms with van der Waals surface area (Å²) in [5.41, 5.74) is -1.24. The van der Waals surface area contributed by atoms with E-state index in [2.05, 4.69) is 21.3 Å². The first-order valence-electron chi connectivity index (χ1n) is 24.5. The van der Waals surface area contributed by atoms with E-state index < -0.39 is 45.6 Å². The second kappa shape index (κ2) is 18.8. The van der Waals surface area contributed by atoms with Crippen molar-refractivity contribution in [1.29, 1.82) is 21.6 Å². The van der Waals surface area contributed by atoms with Crippen molar-refractivity contribution in [2.45, 2.75) is 101 Å². The highest BCUT2D eigenvalue weighted by Gasteiger charge is 2.45. The van der Waals surface area contributed by atoms with Gasteiger partial charge >= 0.3 is 11.9 Å². The van der Waals surface area contributed by atoms with Gasteiger partial charge < -0.3 is 59.1 Å². The largest absolute Gasteiger partial charge is 0.487 e. The van der Waals surface area contributed by atoms with E-state index in [1.54, 1.807) is 9.13 Å². The lowest BCUT2D eigenvalue weighted by Crippen LogP contribution is -2.60. The van der Waals surface area contributed by atoms with Gasteiger partial charge in [-0.3, -0.25) is 41.9 Å². The molecule has 6 atom stereocenters. The molecule has 22 nitrogen and oxygen atoms in total. The molecule has 0 saturated carbocycles. The summed E-state index contributed by atoms with van der Waals surface area (Å²) in [6.45, 7) is 6.53. The van der Waals surface area contributed by atoms with Crippen LogP contribution >= 0.6 is 0 Å². The van der Waals surface area contributed by atoms with E-state index in [0.717, 1.165) is 63.5 Å². The Morgan fingerprint density at radius 1 is 0.625 bits per heavy atom. The summed E-state index contributed by atoms with van der Waals surface area (Å²) in [5, 5.41) is 65.7. The molecule has 6 aliphatic rings. The summed E-state index contributed by atoms with van der Waals surface area (Å²) in [7, 11) is 0. The summed E-state index contributed by atoms with van der Waals surface area (Å²) in [5.74, 6) is -3.55. The van der Waals surface area contributed by atoms with Gasteiger partial charge in [0, 0.05) is 75.8 Å². The maximum absolute atomic E-state index is 16.0. The SMILES string of the molecule is CC1COc2c(N3CC4CCC(C3)N4C(=N)NC(=N)NCCCCCCNC(=N)NC(=N)N3C4CCC3CN(c3c(F)cc5c(=O)c(C(=O)O)cn6c5c3OCC6C)C4)c(F)cc3c(=O)c(C(=O)O)cn1c23. The van der Waals surface area contributed by atoms with Crippen molar-refractivity contribution in [2.24, 2.45) is 0 Å². The zero-order chi connectivity index (χ0) is 50.9. The number of benzene rings is 2.